The molecule has 1 aliphatic rings. The van der Waals surface area contributed by atoms with Crippen LogP contribution < -0.4 is 15.4 Å². The Kier molecular flexibility index (Phi) is 5.02. The van der Waals surface area contributed by atoms with E-state index in [1.54, 1.807) is 29.2 Å². The summed E-state index contributed by atoms with van der Waals surface area (Å²) in [6.07, 6.45) is 0.709. The monoisotopic (exact) mass is 348 g/mol. The summed E-state index contributed by atoms with van der Waals surface area (Å²) in [6, 6.07) is 11.2. The first-order valence-electron chi connectivity index (χ1n) is 7.79. The van der Waals surface area contributed by atoms with Gasteiger partial charge in [0.05, 0.1) is 12.3 Å². The second kappa shape index (κ2) is 7.20. The van der Waals surface area contributed by atoms with Crippen LogP contribution in [-0.4, -0.2) is 19.1 Å². The maximum Gasteiger partial charge on any atom is 0.229 e. The molecule has 24 heavy (non-hydrogen) atoms. The highest BCUT2D eigenvalue weighted by Crippen LogP contribution is 2.34. The molecule has 0 saturated carbocycles. The van der Waals surface area contributed by atoms with Crippen molar-refractivity contribution >= 4 is 23.2 Å². The Labute approximate surface area is 145 Å². The number of para-hydroxylation sites is 1. The number of rotatable bonds is 3. The van der Waals surface area contributed by atoms with Gasteiger partial charge in [0.15, 0.2) is 11.6 Å². The van der Waals surface area contributed by atoms with E-state index < -0.39 is 11.9 Å². The minimum absolute atomic E-state index is 0.0830. The number of halogens is 2. The van der Waals surface area contributed by atoms with Gasteiger partial charge in [0.2, 0.25) is 5.91 Å². The zero-order valence-corrected chi connectivity index (χ0v) is 13.8. The van der Waals surface area contributed by atoms with Gasteiger partial charge in [-0.05, 0) is 30.2 Å². The highest BCUT2D eigenvalue weighted by atomic mass is 35.5. The molecular weight excluding hydrogens is 331 g/mol. The van der Waals surface area contributed by atoms with Crippen LogP contribution >= 0.6 is 11.6 Å². The van der Waals surface area contributed by atoms with Gasteiger partial charge in [-0.2, -0.15) is 0 Å². The fourth-order valence-electron chi connectivity index (χ4n) is 2.81. The molecule has 3 rings (SSSR count). The molecule has 0 aliphatic carbocycles. The van der Waals surface area contributed by atoms with Crippen LogP contribution in [-0.2, 0) is 4.79 Å². The molecule has 0 saturated heterocycles. The summed E-state index contributed by atoms with van der Waals surface area (Å²) in [7, 11) is 0. The summed E-state index contributed by atoms with van der Waals surface area (Å²) in [5.41, 5.74) is 7.32. The molecule has 0 fully saturated rings. The van der Waals surface area contributed by atoms with Crippen LogP contribution in [0.15, 0.2) is 42.5 Å². The van der Waals surface area contributed by atoms with Crippen molar-refractivity contribution in [1.82, 2.24) is 0 Å². The van der Waals surface area contributed by atoms with Gasteiger partial charge in [-0.3, -0.25) is 4.79 Å². The fourth-order valence-corrected chi connectivity index (χ4v) is 3.09. The highest BCUT2D eigenvalue weighted by molar-refractivity contribution is 6.31. The van der Waals surface area contributed by atoms with Crippen molar-refractivity contribution in [3.05, 3.63) is 58.9 Å². The van der Waals surface area contributed by atoms with Crippen LogP contribution in [0.1, 0.15) is 24.4 Å². The Balaban J connectivity index is 1.83. The second-order valence-corrected chi connectivity index (χ2v) is 6.07. The van der Waals surface area contributed by atoms with E-state index in [1.165, 1.54) is 6.07 Å². The van der Waals surface area contributed by atoms with Crippen LogP contribution in [0.2, 0.25) is 5.02 Å². The Hall–Kier alpha value is -2.11. The lowest BCUT2D eigenvalue weighted by molar-refractivity contribution is -0.119. The fraction of sp³-hybridized carbons (Fsp3) is 0.278. The molecule has 1 atom stereocenters. The van der Waals surface area contributed by atoms with E-state index >= 15 is 0 Å². The molecule has 6 heteroatoms. The Morgan fingerprint density at radius 3 is 2.88 bits per heavy atom. The van der Waals surface area contributed by atoms with Crippen LogP contribution in [0, 0.1) is 5.82 Å². The first-order chi connectivity index (χ1) is 11.6. The van der Waals surface area contributed by atoms with Crippen molar-refractivity contribution in [2.45, 2.75) is 18.9 Å². The van der Waals surface area contributed by atoms with Crippen LogP contribution in [0.3, 0.4) is 0 Å². The van der Waals surface area contributed by atoms with Crippen molar-refractivity contribution in [3.63, 3.8) is 0 Å². The van der Waals surface area contributed by atoms with E-state index in [-0.39, 0.29) is 18.1 Å². The summed E-state index contributed by atoms with van der Waals surface area (Å²) < 4.78 is 19.4. The van der Waals surface area contributed by atoms with Crippen molar-refractivity contribution < 1.29 is 13.9 Å². The number of anilines is 1. The van der Waals surface area contributed by atoms with E-state index in [4.69, 9.17) is 22.1 Å². The summed E-state index contributed by atoms with van der Waals surface area (Å²) in [5.74, 6) is -0.531. The summed E-state index contributed by atoms with van der Waals surface area (Å²) in [4.78, 5) is 14.3. The van der Waals surface area contributed by atoms with Gasteiger partial charge in [0.1, 0.15) is 0 Å². The number of benzene rings is 2. The molecule has 0 bridgehead atoms. The maximum absolute atomic E-state index is 14.0. The quantitative estimate of drug-likeness (QED) is 0.920. The molecule has 2 aromatic rings. The lowest BCUT2D eigenvalue weighted by Gasteiger charge is -2.24. The van der Waals surface area contributed by atoms with E-state index in [1.807, 2.05) is 12.1 Å². The third kappa shape index (κ3) is 3.37. The van der Waals surface area contributed by atoms with Crippen LogP contribution in [0.4, 0.5) is 10.1 Å². The van der Waals surface area contributed by atoms with Gasteiger partial charge in [-0.15, -0.1) is 0 Å². The third-order valence-electron chi connectivity index (χ3n) is 4.01. The van der Waals surface area contributed by atoms with Gasteiger partial charge < -0.3 is 15.4 Å². The average Bonchev–Trinajstić information content (AvgIpc) is 2.78. The summed E-state index contributed by atoms with van der Waals surface area (Å²) >= 11 is 6.14. The number of hydrogen-bond acceptors (Lipinski definition) is 3. The van der Waals surface area contributed by atoms with Crippen molar-refractivity contribution in [2.24, 2.45) is 5.73 Å². The number of nitrogens with two attached hydrogens (primary N) is 1. The molecule has 0 radical (unpaired) electrons. The largest absolute Gasteiger partial charge is 0.488 e. The summed E-state index contributed by atoms with van der Waals surface area (Å²) in [6.45, 7) is 0.832. The smallest absolute Gasteiger partial charge is 0.229 e. The minimum atomic E-state index is -0.521. The number of carbonyl (C=O) groups excluding carboxylic acids is 1. The molecule has 4 nitrogen and oxygen atoms in total. The predicted molar refractivity (Wildman–Crippen MR) is 91.9 cm³/mol. The van der Waals surface area contributed by atoms with Crippen LogP contribution in [0.25, 0.3) is 0 Å². The number of fused-ring (bicyclic) bond motifs is 1. The van der Waals surface area contributed by atoms with Gasteiger partial charge in [-0.25, -0.2) is 4.39 Å². The molecule has 1 heterocycles. The van der Waals surface area contributed by atoms with Gasteiger partial charge in [-0.1, -0.05) is 35.9 Å². The predicted octanol–water partition coefficient (Wildman–Crippen LogP) is 3.68. The number of hydrogen-bond donors (Lipinski definition) is 1. The minimum Gasteiger partial charge on any atom is -0.488 e. The van der Waals surface area contributed by atoms with Crippen molar-refractivity contribution in [3.8, 4) is 5.75 Å². The van der Waals surface area contributed by atoms with Gasteiger partial charge in [0, 0.05) is 24.0 Å². The molecule has 0 aromatic heterocycles. The zero-order chi connectivity index (χ0) is 17.1. The van der Waals surface area contributed by atoms with Gasteiger partial charge in [0.25, 0.3) is 0 Å². The summed E-state index contributed by atoms with van der Waals surface area (Å²) in [5, 5.41) is 0.531. The van der Waals surface area contributed by atoms with E-state index in [2.05, 4.69) is 0 Å². The zero-order valence-electron chi connectivity index (χ0n) is 13.0. The molecule has 2 aromatic carbocycles. The Morgan fingerprint density at radius 1 is 1.29 bits per heavy atom. The van der Waals surface area contributed by atoms with Crippen molar-refractivity contribution in [1.29, 1.82) is 0 Å². The number of nitrogens with zero attached hydrogens (tertiary/aromatic N) is 1. The second-order valence-electron chi connectivity index (χ2n) is 5.67. The molecule has 1 aliphatic heterocycles. The Morgan fingerprint density at radius 2 is 2.08 bits per heavy atom. The first-order valence-corrected chi connectivity index (χ1v) is 8.17. The highest BCUT2D eigenvalue weighted by Gasteiger charge is 2.26. The molecule has 2 N–H and O–H groups in total. The number of carbonyl (C=O) groups is 1. The lowest BCUT2D eigenvalue weighted by Crippen LogP contribution is -2.34. The normalized spacial score (nSPS) is 15.2. The molecule has 0 spiro atoms. The maximum atomic E-state index is 14.0. The molecule has 126 valence electrons. The topological polar surface area (TPSA) is 55.6 Å². The average molecular weight is 349 g/mol. The van der Waals surface area contributed by atoms with Crippen LogP contribution in [0.5, 0.6) is 5.75 Å². The van der Waals surface area contributed by atoms with E-state index in [9.17, 15) is 9.18 Å². The molecular formula is C18H18ClFN2O2. The number of amides is 1. The Bertz CT molecular complexity index is 754. The third-order valence-corrected chi connectivity index (χ3v) is 4.35. The standard InChI is InChI=1S/C18H18ClFN2O2/c19-13-6-2-1-5-12(13)15(21)11-17(23)22-9-4-10-24-18-14(20)7-3-8-16(18)22/h1-3,5-8,15H,4,9-11,21H2/t15-/m0/s1. The van der Waals surface area contributed by atoms with Crippen molar-refractivity contribution in [2.75, 3.05) is 18.1 Å². The molecule has 1 amide bonds. The molecule has 0 unspecified atom stereocenters. The van der Waals surface area contributed by atoms with E-state index in [0.717, 1.165) is 5.56 Å². The lowest BCUT2D eigenvalue weighted by atomic mass is 10.0. The van der Waals surface area contributed by atoms with E-state index in [0.29, 0.717) is 30.3 Å². The van der Waals surface area contributed by atoms with Gasteiger partial charge >= 0.3 is 0 Å². The number of ether oxygens (including phenoxy) is 1. The SMILES string of the molecule is N[C@@H](CC(=O)N1CCCOc2c(F)cccc21)c1ccccc1Cl. The first kappa shape index (κ1) is 16.7.